The molecule has 2 aromatic rings. The van der Waals surface area contributed by atoms with E-state index in [9.17, 15) is 24.0 Å². The molecule has 0 N–H and O–H groups in total. The lowest BCUT2D eigenvalue weighted by Gasteiger charge is -2.05. The van der Waals surface area contributed by atoms with Gasteiger partial charge in [0.15, 0.2) is 5.78 Å². The van der Waals surface area contributed by atoms with E-state index in [0.29, 0.717) is 16.0 Å². The van der Waals surface area contributed by atoms with Gasteiger partial charge in [-0.15, -0.1) is 11.3 Å². The summed E-state index contributed by atoms with van der Waals surface area (Å²) >= 11 is 0.970. The van der Waals surface area contributed by atoms with Crippen LogP contribution in [0.1, 0.15) is 49.9 Å². The number of Topliss-reactive ketones (excluding diaryl/α,β-unsaturated/α-hetero) is 1. The number of hydrogen-bond donors (Lipinski definition) is 0. The number of nitriles is 1. The third-order valence-corrected chi connectivity index (χ3v) is 5.35. The number of rotatable bonds is 8. The Morgan fingerprint density at radius 1 is 1.10 bits per heavy atom. The first-order chi connectivity index (χ1) is 14.3. The highest BCUT2D eigenvalue weighted by Gasteiger charge is 2.27. The number of halogens is 1. The zero-order valence-corrected chi connectivity index (χ0v) is 17.6. The highest BCUT2D eigenvalue weighted by molar-refractivity contribution is 7.14. The van der Waals surface area contributed by atoms with Crippen molar-refractivity contribution in [3.05, 3.63) is 62.1 Å². The fourth-order valence-corrected chi connectivity index (χ4v) is 3.89. The van der Waals surface area contributed by atoms with Gasteiger partial charge in [-0.1, -0.05) is 12.1 Å². The van der Waals surface area contributed by atoms with Gasteiger partial charge in [-0.25, -0.2) is 14.0 Å². The first-order valence-electron chi connectivity index (χ1n) is 9.19. The van der Waals surface area contributed by atoms with Crippen molar-refractivity contribution < 1.29 is 28.2 Å². The van der Waals surface area contributed by atoms with Crippen molar-refractivity contribution in [3.8, 4) is 6.07 Å². The smallest absolute Gasteiger partial charge is 0.348 e. The van der Waals surface area contributed by atoms with E-state index in [2.05, 4.69) is 0 Å². The Hall–Kier alpha value is -3.31. The molecule has 0 aliphatic rings. The zero-order valence-electron chi connectivity index (χ0n) is 16.8. The monoisotopic (exact) mass is 429 g/mol. The van der Waals surface area contributed by atoms with E-state index in [1.807, 2.05) is 6.07 Å². The maximum Gasteiger partial charge on any atom is 0.348 e. The highest BCUT2D eigenvalue weighted by Crippen LogP contribution is 2.31. The van der Waals surface area contributed by atoms with Gasteiger partial charge in [0.25, 0.3) is 0 Å². The minimum absolute atomic E-state index is 0.129. The third kappa shape index (κ3) is 5.39. The van der Waals surface area contributed by atoms with Crippen LogP contribution >= 0.6 is 11.3 Å². The third-order valence-electron chi connectivity index (χ3n) is 4.08. The second kappa shape index (κ2) is 10.5. The summed E-state index contributed by atoms with van der Waals surface area (Å²) in [5.41, 5.74) is 0.847. The van der Waals surface area contributed by atoms with Crippen molar-refractivity contribution in [3.63, 3.8) is 0 Å². The Morgan fingerprint density at radius 2 is 1.70 bits per heavy atom. The lowest BCUT2D eigenvalue weighted by atomic mass is 10.0. The lowest BCUT2D eigenvalue weighted by Crippen LogP contribution is -2.12. The molecule has 0 unspecified atom stereocenters. The average Bonchev–Trinajstić information content (AvgIpc) is 3.03. The van der Waals surface area contributed by atoms with Crippen LogP contribution in [0.15, 0.2) is 29.8 Å². The quantitative estimate of drug-likeness (QED) is 0.353. The van der Waals surface area contributed by atoms with Crippen molar-refractivity contribution in [2.45, 2.75) is 27.2 Å². The topological polar surface area (TPSA) is 93.5 Å². The number of carbonyl (C=O) groups excluding carboxylic acids is 3. The van der Waals surface area contributed by atoms with E-state index in [1.54, 1.807) is 20.8 Å². The Kier molecular flexibility index (Phi) is 8.01. The van der Waals surface area contributed by atoms with Gasteiger partial charge < -0.3 is 9.47 Å². The fourth-order valence-electron chi connectivity index (χ4n) is 2.70. The number of allylic oxidation sites excluding steroid dienone is 1. The van der Waals surface area contributed by atoms with Crippen LogP contribution in [0.3, 0.4) is 0 Å². The highest BCUT2D eigenvalue weighted by atomic mass is 32.1. The summed E-state index contributed by atoms with van der Waals surface area (Å²) in [5, 5.41) is 9.40. The molecule has 1 aromatic carbocycles. The molecule has 1 heterocycles. The van der Waals surface area contributed by atoms with E-state index in [-0.39, 0.29) is 35.6 Å². The summed E-state index contributed by atoms with van der Waals surface area (Å²) in [6, 6.07) is 7.16. The number of benzene rings is 1. The first kappa shape index (κ1) is 23.0. The van der Waals surface area contributed by atoms with Crippen LogP contribution in [-0.4, -0.2) is 30.9 Å². The molecule has 30 heavy (non-hydrogen) atoms. The average molecular weight is 429 g/mol. The van der Waals surface area contributed by atoms with Gasteiger partial charge in [-0.2, -0.15) is 5.26 Å². The molecular formula is C22H20FNO5S. The summed E-state index contributed by atoms with van der Waals surface area (Å²) in [4.78, 5) is 37.9. The summed E-state index contributed by atoms with van der Waals surface area (Å²) in [6.07, 6.45) is 1.08. The standard InChI is InChI=1S/C22H20FNO5S/c1-4-28-21(26)19-13(3)20(22(27)29-5-2)30-18(19)11-17(25)15(12-24)10-14-6-8-16(23)9-7-14/h6-10H,4-5,11H2,1-3H3/b15-10+. The first-order valence-corrected chi connectivity index (χ1v) is 10.0. The van der Waals surface area contributed by atoms with Crippen LogP contribution in [0.5, 0.6) is 0 Å². The summed E-state index contributed by atoms with van der Waals surface area (Å²) < 4.78 is 23.1. The van der Waals surface area contributed by atoms with Crippen LogP contribution in [0.25, 0.3) is 6.08 Å². The summed E-state index contributed by atoms with van der Waals surface area (Å²) in [5.74, 6) is -2.21. The molecular weight excluding hydrogens is 409 g/mol. The molecule has 0 atom stereocenters. The molecule has 6 nitrogen and oxygen atoms in total. The number of thiophene rings is 1. The molecule has 0 spiro atoms. The van der Waals surface area contributed by atoms with Crippen molar-refractivity contribution in [1.29, 1.82) is 5.26 Å². The maximum absolute atomic E-state index is 13.1. The molecule has 0 fully saturated rings. The molecule has 0 aliphatic heterocycles. The zero-order chi connectivity index (χ0) is 22.3. The van der Waals surface area contributed by atoms with E-state index in [4.69, 9.17) is 9.47 Å². The van der Waals surface area contributed by atoms with Gasteiger partial charge in [0.2, 0.25) is 0 Å². The molecule has 0 saturated carbocycles. The van der Waals surface area contributed by atoms with Crippen molar-refractivity contribution in [2.75, 3.05) is 13.2 Å². The molecule has 0 saturated heterocycles. The van der Waals surface area contributed by atoms with E-state index in [0.717, 1.165) is 11.3 Å². The number of carbonyl (C=O) groups is 3. The van der Waals surface area contributed by atoms with Gasteiger partial charge in [0, 0.05) is 11.3 Å². The largest absolute Gasteiger partial charge is 0.462 e. The van der Waals surface area contributed by atoms with Crippen LogP contribution in [-0.2, 0) is 20.7 Å². The Labute approximate surface area is 177 Å². The minimum Gasteiger partial charge on any atom is -0.462 e. The summed E-state index contributed by atoms with van der Waals surface area (Å²) in [6.45, 7) is 5.19. The fraction of sp³-hybridized carbons (Fsp3) is 0.273. The van der Waals surface area contributed by atoms with Gasteiger partial charge in [0.1, 0.15) is 16.8 Å². The minimum atomic E-state index is -0.648. The Balaban J connectivity index is 2.41. The number of esters is 2. The summed E-state index contributed by atoms with van der Waals surface area (Å²) in [7, 11) is 0. The molecule has 1 aromatic heterocycles. The van der Waals surface area contributed by atoms with E-state index >= 15 is 0 Å². The predicted octanol–water partition coefficient (Wildman–Crippen LogP) is 4.27. The predicted molar refractivity (Wildman–Crippen MR) is 110 cm³/mol. The molecule has 8 heteroatoms. The SMILES string of the molecule is CCOC(=O)c1sc(CC(=O)/C(C#N)=C/c2ccc(F)cc2)c(C(=O)OCC)c1C. The van der Waals surface area contributed by atoms with Gasteiger partial charge in [0.05, 0.1) is 24.4 Å². The van der Waals surface area contributed by atoms with Gasteiger partial charge in [-0.05, 0) is 50.1 Å². The van der Waals surface area contributed by atoms with E-state index in [1.165, 1.54) is 30.3 Å². The molecule has 156 valence electrons. The number of nitrogens with zero attached hydrogens (tertiary/aromatic N) is 1. The van der Waals surface area contributed by atoms with Gasteiger partial charge >= 0.3 is 11.9 Å². The van der Waals surface area contributed by atoms with Crippen LogP contribution < -0.4 is 0 Å². The molecule has 0 radical (unpaired) electrons. The van der Waals surface area contributed by atoms with E-state index < -0.39 is 23.5 Å². The Bertz CT molecular complexity index is 1030. The lowest BCUT2D eigenvalue weighted by molar-refractivity contribution is -0.114. The second-order valence-electron chi connectivity index (χ2n) is 6.12. The second-order valence-corrected chi connectivity index (χ2v) is 7.22. The number of ketones is 1. The van der Waals surface area contributed by atoms with Crippen LogP contribution in [0.4, 0.5) is 4.39 Å². The van der Waals surface area contributed by atoms with Crippen LogP contribution in [0.2, 0.25) is 0 Å². The normalized spacial score (nSPS) is 11.0. The Morgan fingerprint density at radius 3 is 2.27 bits per heavy atom. The maximum atomic E-state index is 13.1. The van der Waals surface area contributed by atoms with Crippen molar-refractivity contribution >= 4 is 35.1 Å². The molecule has 0 bridgehead atoms. The van der Waals surface area contributed by atoms with Crippen molar-refractivity contribution in [2.24, 2.45) is 0 Å². The van der Waals surface area contributed by atoms with Crippen LogP contribution in [0, 0.1) is 24.1 Å². The van der Waals surface area contributed by atoms with Crippen molar-refractivity contribution in [1.82, 2.24) is 0 Å². The number of hydrogen-bond acceptors (Lipinski definition) is 7. The molecule has 0 aliphatic carbocycles. The molecule has 0 amide bonds. The number of ether oxygens (including phenoxy) is 2. The molecule has 2 rings (SSSR count). The van der Waals surface area contributed by atoms with Gasteiger partial charge in [-0.3, -0.25) is 4.79 Å².